The number of carbonyl (C=O) groups excluding carboxylic acids is 1. The van der Waals surface area contributed by atoms with Crippen molar-refractivity contribution in [1.29, 1.82) is 0 Å². The van der Waals surface area contributed by atoms with Crippen LogP contribution in [0.1, 0.15) is 75.2 Å². The van der Waals surface area contributed by atoms with Crippen LogP contribution in [-0.4, -0.2) is 46.7 Å². The van der Waals surface area contributed by atoms with Gasteiger partial charge in [-0.2, -0.15) is 0 Å². The molecule has 7 heteroatoms. The molecule has 0 aromatic heterocycles. The van der Waals surface area contributed by atoms with Crippen molar-refractivity contribution in [2.45, 2.75) is 83.5 Å². The number of nitrogens with one attached hydrogen (secondary N) is 1. The number of carbonyl (C=O) groups is 2. The highest BCUT2D eigenvalue weighted by Crippen LogP contribution is 2.22. The number of aliphatic hydroxyl groups is 1. The standard InChI is InChI=1S/C22H33NO6/c1-22(2,3)29-21(27)23-16-11-12-17(20(25)26)15(14-16)8-7-13-28-19-10-6-4-5-9-18(19)24/h11-12,14,18-19,24H,4-10,13H2,1-3H3,(H,23,27)(H,25,26). The molecular weight excluding hydrogens is 374 g/mol. The first-order valence-electron chi connectivity index (χ1n) is 10.3. The summed E-state index contributed by atoms with van der Waals surface area (Å²) in [4.78, 5) is 23.5. The summed E-state index contributed by atoms with van der Waals surface area (Å²) in [5.41, 5.74) is 0.693. The van der Waals surface area contributed by atoms with Crippen LogP contribution in [0.2, 0.25) is 0 Å². The number of aromatic carboxylic acids is 1. The van der Waals surface area contributed by atoms with Gasteiger partial charge in [-0.1, -0.05) is 19.3 Å². The minimum Gasteiger partial charge on any atom is -0.478 e. The van der Waals surface area contributed by atoms with Gasteiger partial charge in [0.2, 0.25) is 0 Å². The molecular formula is C22H33NO6. The van der Waals surface area contributed by atoms with Crippen molar-refractivity contribution in [2.24, 2.45) is 0 Å². The fraction of sp³-hybridized carbons (Fsp3) is 0.636. The zero-order valence-electron chi connectivity index (χ0n) is 17.6. The Hall–Kier alpha value is -2.12. The van der Waals surface area contributed by atoms with Gasteiger partial charge in [0.15, 0.2) is 0 Å². The Balaban J connectivity index is 1.94. The van der Waals surface area contributed by atoms with Crippen LogP contribution in [0.15, 0.2) is 18.2 Å². The molecule has 162 valence electrons. The van der Waals surface area contributed by atoms with Gasteiger partial charge < -0.3 is 19.7 Å². The molecule has 0 radical (unpaired) electrons. The van der Waals surface area contributed by atoms with Crippen molar-refractivity contribution in [3.05, 3.63) is 29.3 Å². The zero-order valence-corrected chi connectivity index (χ0v) is 17.6. The van der Waals surface area contributed by atoms with Crippen molar-refractivity contribution in [3.8, 4) is 0 Å². The first-order valence-corrected chi connectivity index (χ1v) is 10.3. The number of hydrogen-bond acceptors (Lipinski definition) is 5. The fourth-order valence-corrected chi connectivity index (χ4v) is 3.45. The van der Waals surface area contributed by atoms with E-state index >= 15 is 0 Å². The molecule has 29 heavy (non-hydrogen) atoms. The number of benzene rings is 1. The van der Waals surface area contributed by atoms with Crippen LogP contribution in [0.3, 0.4) is 0 Å². The number of ether oxygens (including phenoxy) is 2. The van der Waals surface area contributed by atoms with Gasteiger partial charge in [0.05, 0.1) is 17.8 Å². The molecule has 1 aliphatic carbocycles. The van der Waals surface area contributed by atoms with Crippen molar-refractivity contribution in [2.75, 3.05) is 11.9 Å². The van der Waals surface area contributed by atoms with Gasteiger partial charge in [-0.25, -0.2) is 9.59 Å². The third-order valence-corrected chi connectivity index (χ3v) is 4.82. The Morgan fingerprint density at radius 2 is 1.90 bits per heavy atom. The van der Waals surface area contributed by atoms with Gasteiger partial charge in [0.1, 0.15) is 5.60 Å². The van der Waals surface area contributed by atoms with Crippen LogP contribution in [-0.2, 0) is 15.9 Å². The van der Waals surface area contributed by atoms with E-state index in [9.17, 15) is 19.8 Å². The second-order valence-electron chi connectivity index (χ2n) is 8.52. The Labute approximate surface area is 172 Å². The summed E-state index contributed by atoms with van der Waals surface area (Å²) in [7, 11) is 0. The van der Waals surface area contributed by atoms with E-state index in [-0.39, 0.29) is 11.7 Å². The maximum Gasteiger partial charge on any atom is 0.412 e. The molecule has 1 saturated carbocycles. The largest absolute Gasteiger partial charge is 0.478 e. The van der Waals surface area contributed by atoms with Gasteiger partial charge >= 0.3 is 12.1 Å². The summed E-state index contributed by atoms with van der Waals surface area (Å²) in [6.45, 7) is 5.77. The first kappa shape index (κ1) is 23.2. The van der Waals surface area contributed by atoms with Crippen LogP contribution in [0.5, 0.6) is 0 Å². The highest BCUT2D eigenvalue weighted by Gasteiger charge is 2.22. The van der Waals surface area contributed by atoms with Crippen LogP contribution in [0.25, 0.3) is 0 Å². The normalized spacial score (nSPS) is 20.0. The summed E-state index contributed by atoms with van der Waals surface area (Å²) in [5, 5.41) is 22.2. The molecule has 0 aliphatic heterocycles. The second-order valence-corrected chi connectivity index (χ2v) is 8.52. The van der Waals surface area contributed by atoms with E-state index in [1.54, 1.807) is 32.9 Å². The number of carboxylic acid groups (broad SMARTS) is 1. The van der Waals surface area contributed by atoms with E-state index in [0.29, 0.717) is 30.7 Å². The molecule has 1 aliphatic rings. The highest BCUT2D eigenvalue weighted by molar-refractivity contribution is 5.91. The molecule has 2 unspecified atom stereocenters. The third-order valence-electron chi connectivity index (χ3n) is 4.82. The van der Waals surface area contributed by atoms with Gasteiger partial charge in [0.25, 0.3) is 0 Å². The lowest BCUT2D eigenvalue weighted by molar-refractivity contribution is -0.0407. The van der Waals surface area contributed by atoms with Crippen molar-refractivity contribution in [3.63, 3.8) is 0 Å². The van der Waals surface area contributed by atoms with Gasteiger partial charge in [0, 0.05) is 12.3 Å². The smallest absolute Gasteiger partial charge is 0.412 e. The number of amides is 1. The molecule has 3 N–H and O–H groups in total. The molecule has 0 saturated heterocycles. The third kappa shape index (κ3) is 8.03. The van der Waals surface area contributed by atoms with Gasteiger partial charge in [-0.3, -0.25) is 5.32 Å². The average Bonchev–Trinajstić information content (AvgIpc) is 2.81. The Bertz CT molecular complexity index is 697. The molecule has 2 atom stereocenters. The fourth-order valence-electron chi connectivity index (χ4n) is 3.45. The van der Waals surface area contributed by atoms with Crippen molar-refractivity contribution in [1.82, 2.24) is 0 Å². The molecule has 0 bridgehead atoms. The predicted octanol–water partition coefficient (Wildman–Crippen LogP) is 4.37. The Morgan fingerprint density at radius 3 is 2.59 bits per heavy atom. The van der Waals surface area contributed by atoms with E-state index in [4.69, 9.17) is 9.47 Å². The lowest BCUT2D eigenvalue weighted by atomic mass is 10.0. The van der Waals surface area contributed by atoms with Crippen LogP contribution < -0.4 is 5.32 Å². The first-order chi connectivity index (χ1) is 13.7. The Kier molecular flexibility index (Phi) is 8.46. The van der Waals surface area contributed by atoms with Crippen molar-refractivity contribution < 1.29 is 29.3 Å². The number of carboxylic acids is 1. The molecule has 1 aromatic rings. The molecule has 0 heterocycles. The van der Waals surface area contributed by atoms with E-state index in [1.807, 2.05) is 0 Å². The zero-order chi connectivity index (χ0) is 21.4. The topological polar surface area (TPSA) is 105 Å². The number of hydrogen-bond donors (Lipinski definition) is 3. The molecule has 1 amide bonds. The molecule has 1 fully saturated rings. The van der Waals surface area contributed by atoms with Crippen LogP contribution >= 0.6 is 0 Å². The number of anilines is 1. The van der Waals surface area contributed by atoms with E-state index in [2.05, 4.69) is 5.32 Å². The summed E-state index contributed by atoms with van der Waals surface area (Å²) in [6, 6.07) is 4.70. The lowest BCUT2D eigenvalue weighted by Gasteiger charge is -2.21. The summed E-state index contributed by atoms with van der Waals surface area (Å²) in [5.74, 6) is -1.01. The number of aliphatic hydroxyl groups excluding tert-OH is 1. The SMILES string of the molecule is CC(C)(C)OC(=O)Nc1ccc(C(=O)O)c(CCCOC2CCCCCC2O)c1. The minimum absolute atomic E-state index is 0.142. The van der Waals surface area contributed by atoms with Crippen LogP contribution in [0, 0.1) is 0 Å². The van der Waals surface area contributed by atoms with E-state index in [1.165, 1.54) is 6.07 Å². The molecule has 7 nitrogen and oxygen atoms in total. The van der Waals surface area contributed by atoms with Crippen LogP contribution in [0.4, 0.5) is 10.5 Å². The van der Waals surface area contributed by atoms with E-state index in [0.717, 1.165) is 32.1 Å². The van der Waals surface area contributed by atoms with Gasteiger partial charge in [-0.15, -0.1) is 0 Å². The van der Waals surface area contributed by atoms with Gasteiger partial charge in [-0.05, 0) is 70.2 Å². The Morgan fingerprint density at radius 1 is 1.17 bits per heavy atom. The quantitative estimate of drug-likeness (QED) is 0.458. The highest BCUT2D eigenvalue weighted by atomic mass is 16.6. The maximum atomic E-state index is 12.0. The number of rotatable bonds is 7. The summed E-state index contributed by atoms with van der Waals surface area (Å²) < 4.78 is 11.1. The van der Waals surface area contributed by atoms with Crippen molar-refractivity contribution >= 4 is 17.7 Å². The summed E-state index contributed by atoms with van der Waals surface area (Å²) >= 11 is 0. The number of aryl methyl sites for hydroxylation is 1. The average molecular weight is 408 g/mol. The predicted molar refractivity (Wildman–Crippen MR) is 110 cm³/mol. The summed E-state index contributed by atoms with van der Waals surface area (Å²) in [6.07, 6.45) is 4.80. The monoisotopic (exact) mass is 407 g/mol. The lowest BCUT2D eigenvalue weighted by Crippen LogP contribution is -2.28. The second kappa shape index (κ2) is 10.6. The molecule has 2 rings (SSSR count). The molecule has 1 aromatic carbocycles. The maximum absolute atomic E-state index is 12.0. The minimum atomic E-state index is -1.01. The molecule has 0 spiro atoms. The van der Waals surface area contributed by atoms with E-state index < -0.39 is 23.8 Å².